The lowest BCUT2D eigenvalue weighted by Gasteiger charge is -2.18. The quantitative estimate of drug-likeness (QED) is 0.586. The van der Waals surface area contributed by atoms with E-state index in [0.717, 1.165) is 6.07 Å². The van der Waals surface area contributed by atoms with Crippen molar-refractivity contribution < 1.29 is 26.3 Å². The second-order valence-corrected chi connectivity index (χ2v) is 2.73. The maximum Gasteiger partial charge on any atom is 0.430 e. The summed E-state index contributed by atoms with van der Waals surface area (Å²) in [6.45, 7) is 0. The molecule has 0 bridgehead atoms. The van der Waals surface area contributed by atoms with Crippen LogP contribution in [0, 0.1) is 11.3 Å². The van der Waals surface area contributed by atoms with Crippen molar-refractivity contribution in [1.29, 1.82) is 5.26 Å². The van der Waals surface area contributed by atoms with Crippen LogP contribution in [0.3, 0.4) is 0 Å². The molecule has 1 atom stereocenters. The molecular weight excluding hydrogens is 226 g/mol. The van der Waals surface area contributed by atoms with Crippen LogP contribution in [0.1, 0.15) is 0 Å². The van der Waals surface area contributed by atoms with Crippen LogP contribution in [0.25, 0.3) is 0 Å². The van der Waals surface area contributed by atoms with Gasteiger partial charge in [-0.25, -0.2) is 0 Å². The molecule has 1 rings (SSSR count). The number of aliphatic imine (C=N–C) groups is 1. The van der Waals surface area contributed by atoms with Crippen molar-refractivity contribution in [2.45, 2.75) is 17.9 Å². The van der Waals surface area contributed by atoms with Gasteiger partial charge in [-0.3, -0.25) is 4.99 Å². The number of rotatable bonds is 0. The molecule has 0 aromatic heterocycles. The van der Waals surface area contributed by atoms with E-state index in [1.165, 1.54) is 0 Å². The highest BCUT2D eigenvalue weighted by atomic mass is 19.4. The molecule has 0 amide bonds. The summed E-state index contributed by atoms with van der Waals surface area (Å²) in [5.74, 6) is 0. The van der Waals surface area contributed by atoms with E-state index < -0.39 is 23.5 Å². The summed E-state index contributed by atoms with van der Waals surface area (Å²) in [6.07, 6.45) is -10.3. The zero-order valence-electron chi connectivity index (χ0n) is 6.82. The normalized spacial score (nSPS) is 26.3. The van der Waals surface area contributed by atoms with Gasteiger partial charge in [-0.1, -0.05) is 0 Å². The van der Waals surface area contributed by atoms with Crippen molar-refractivity contribution >= 4 is 6.21 Å². The Balaban J connectivity index is 3.20. The van der Waals surface area contributed by atoms with Crippen LogP contribution in [0.2, 0.25) is 0 Å². The van der Waals surface area contributed by atoms with E-state index >= 15 is 0 Å². The first-order valence-corrected chi connectivity index (χ1v) is 3.46. The molecule has 15 heavy (non-hydrogen) atoms. The van der Waals surface area contributed by atoms with Gasteiger partial charge in [-0.05, 0) is 6.08 Å². The minimum atomic E-state index is -5.16. The maximum absolute atomic E-state index is 12.2. The number of nitrogens with zero attached hydrogens (tertiary/aromatic N) is 2. The smallest absolute Gasteiger partial charge is 0.257 e. The number of allylic oxidation sites excluding steroid dienone is 1. The Morgan fingerprint density at radius 2 is 1.73 bits per heavy atom. The van der Waals surface area contributed by atoms with Crippen LogP contribution in [0.5, 0.6) is 0 Å². The topological polar surface area (TPSA) is 36.1 Å². The van der Waals surface area contributed by atoms with Gasteiger partial charge in [0.05, 0.1) is 5.57 Å². The van der Waals surface area contributed by atoms with Crippen LogP contribution < -0.4 is 0 Å². The third kappa shape index (κ3) is 1.82. The summed E-state index contributed by atoms with van der Waals surface area (Å²) in [4.78, 5) is 2.58. The Morgan fingerprint density at radius 1 is 1.20 bits per heavy atom. The fraction of sp³-hybridized carbons (Fsp3) is 0.429. The van der Waals surface area contributed by atoms with E-state index in [1.807, 2.05) is 0 Å². The van der Waals surface area contributed by atoms with E-state index in [0.29, 0.717) is 0 Å². The van der Waals surface area contributed by atoms with Crippen LogP contribution in [0.4, 0.5) is 26.3 Å². The maximum atomic E-state index is 12.2. The fourth-order valence-electron chi connectivity index (χ4n) is 0.906. The first kappa shape index (κ1) is 11.6. The molecule has 8 heteroatoms. The molecule has 1 unspecified atom stereocenters. The molecule has 0 aromatic rings. The summed E-state index contributed by atoms with van der Waals surface area (Å²) in [5, 5.41) is 8.24. The Bertz CT molecular complexity index is 368. The fourth-order valence-corrected chi connectivity index (χ4v) is 0.906. The highest BCUT2D eigenvalue weighted by molar-refractivity contribution is 5.85. The lowest BCUT2D eigenvalue weighted by Crippen LogP contribution is -2.39. The molecule has 1 aliphatic rings. The highest BCUT2D eigenvalue weighted by Gasteiger charge is 2.58. The highest BCUT2D eigenvalue weighted by Crippen LogP contribution is 2.40. The van der Waals surface area contributed by atoms with Crippen LogP contribution in [-0.4, -0.2) is 24.1 Å². The second-order valence-electron chi connectivity index (χ2n) is 2.73. The Kier molecular flexibility index (Phi) is 2.30. The predicted octanol–water partition coefficient (Wildman–Crippen LogP) is 2.38. The van der Waals surface area contributed by atoms with Gasteiger partial charge >= 0.3 is 12.4 Å². The number of hydrogen-bond donors (Lipinski definition) is 0. The molecule has 2 nitrogen and oxygen atoms in total. The summed E-state index contributed by atoms with van der Waals surface area (Å²) in [7, 11) is 0. The lowest BCUT2D eigenvalue weighted by atomic mass is 10.0. The van der Waals surface area contributed by atoms with Gasteiger partial charge in [0.2, 0.25) is 0 Å². The van der Waals surface area contributed by atoms with E-state index in [4.69, 9.17) is 5.26 Å². The van der Waals surface area contributed by atoms with Gasteiger partial charge in [0, 0.05) is 6.21 Å². The first-order chi connectivity index (χ1) is 6.62. The average molecular weight is 228 g/mol. The van der Waals surface area contributed by atoms with Crippen molar-refractivity contribution in [3.05, 3.63) is 11.6 Å². The largest absolute Gasteiger partial charge is 0.430 e. The number of halogens is 6. The SMILES string of the molecule is N#CC1(C(F)(F)F)C=C(C(F)(F)F)C=N1. The van der Waals surface area contributed by atoms with Crippen molar-refractivity contribution in [1.82, 2.24) is 0 Å². The van der Waals surface area contributed by atoms with Crippen molar-refractivity contribution in [3.63, 3.8) is 0 Å². The summed E-state index contributed by atoms with van der Waals surface area (Å²) in [6, 6.07) is 0.720. The predicted molar refractivity (Wildman–Crippen MR) is 37.0 cm³/mol. The Labute approximate surface area is 79.5 Å². The molecule has 1 heterocycles. The minimum Gasteiger partial charge on any atom is -0.257 e. The number of hydrogen-bond acceptors (Lipinski definition) is 2. The average Bonchev–Trinajstić information content (AvgIpc) is 2.46. The molecule has 0 radical (unpaired) electrons. The van der Waals surface area contributed by atoms with Crippen molar-refractivity contribution in [2.24, 2.45) is 4.99 Å². The van der Waals surface area contributed by atoms with E-state index in [-0.39, 0.29) is 12.3 Å². The monoisotopic (exact) mass is 228 g/mol. The minimum absolute atomic E-state index is 0.0106. The van der Waals surface area contributed by atoms with Gasteiger partial charge in [0.1, 0.15) is 6.07 Å². The molecule has 0 saturated carbocycles. The van der Waals surface area contributed by atoms with Gasteiger partial charge in [0.15, 0.2) is 0 Å². The zero-order valence-corrected chi connectivity index (χ0v) is 6.82. The lowest BCUT2D eigenvalue weighted by molar-refractivity contribution is -0.155. The summed E-state index contributed by atoms with van der Waals surface area (Å²) in [5.41, 5.74) is -4.97. The molecule has 82 valence electrons. The summed E-state index contributed by atoms with van der Waals surface area (Å²) < 4.78 is 72.7. The van der Waals surface area contributed by atoms with Gasteiger partial charge in [-0.15, -0.1) is 0 Å². The molecule has 0 saturated heterocycles. The molecule has 0 aromatic carbocycles. The third-order valence-electron chi connectivity index (χ3n) is 1.70. The van der Waals surface area contributed by atoms with E-state index in [1.54, 1.807) is 0 Å². The van der Waals surface area contributed by atoms with Crippen molar-refractivity contribution in [2.75, 3.05) is 0 Å². The second kappa shape index (κ2) is 2.98. The standard InChI is InChI=1S/C7H2F6N2/c8-6(9,10)4-1-5(3-14,15-2-4)7(11,12)13/h1-2H. The Morgan fingerprint density at radius 3 is 1.93 bits per heavy atom. The molecule has 1 aliphatic heterocycles. The van der Waals surface area contributed by atoms with Gasteiger partial charge < -0.3 is 0 Å². The molecule has 0 spiro atoms. The Hall–Kier alpha value is -1.52. The van der Waals surface area contributed by atoms with Crippen molar-refractivity contribution in [3.8, 4) is 6.07 Å². The zero-order chi connectivity index (χ0) is 11.9. The molecular formula is C7H2F6N2. The van der Waals surface area contributed by atoms with Crippen LogP contribution >= 0.6 is 0 Å². The number of nitriles is 1. The van der Waals surface area contributed by atoms with E-state index in [9.17, 15) is 26.3 Å². The molecule has 0 aliphatic carbocycles. The third-order valence-corrected chi connectivity index (χ3v) is 1.70. The van der Waals surface area contributed by atoms with Gasteiger partial charge in [-0.2, -0.15) is 31.6 Å². The van der Waals surface area contributed by atoms with Crippen LogP contribution in [-0.2, 0) is 0 Å². The van der Waals surface area contributed by atoms with Gasteiger partial charge in [0.25, 0.3) is 5.54 Å². The molecule has 0 fully saturated rings. The van der Waals surface area contributed by atoms with E-state index in [2.05, 4.69) is 4.99 Å². The first-order valence-electron chi connectivity index (χ1n) is 3.46. The molecule has 0 N–H and O–H groups in total. The summed E-state index contributed by atoms with van der Waals surface area (Å²) >= 11 is 0. The number of alkyl halides is 6. The van der Waals surface area contributed by atoms with Crippen LogP contribution in [0.15, 0.2) is 16.6 Å².